The molecular weight excluding hydrogens is 387 g/mol. The van der Waals surface area contributed by atoms with Crippen molar-refractivity contribution in [3.63, 3.8) is 0 Å². The number of aryl methyl sites for hydroxylation is 1. The third kappa shape index (κ3) is 3.52. The van der Waals surface area contributed by atoms with Gasteiger partial charge in [0.15, 0.2) is 17.6 Å². The van der Waals surface area contributed by atoms with Gasteiger partial charge in [-0.3, -0.25) is 4.79 Å². The van der Waals surface area contributed by atoms with Crippen molar-refractivity contribution in [1.82, 2.24) is 14.6 Å². The van der Waals surface area contributed by atoms with Crippen LogP contribution in [0.25, 0.3) is 5.65 Å². The zero-order valence-electron chi connectivity index (χ0n) is 16.8. The molecule has 1 fully saturated rings. The molecule has 0 spiro atoms. The maximum Gasteiger partial charge on any atom is 0.274 e. The number of aromatic nitrogens is 3. The van der Waals surface area contributed by atoms with Crippen molar-refractivity contribution < 1.29 is 13.9 Å². The van der Waals surface area contributed by atoms with Gasteiger partial charge >= 0.3 is 0 Å². The van der Waals surface area contributed by atoms with Crippen molar-refractivity contribution in [2.45, 2.75) is 38.6 Å². The number of alkyl halides is 1. The minimum absolute atomic E-state index is 0.164. The first-order valence-electron chi connectivity index (χ1n) is 10.2. The first kappa shape index (κ1) is 19.0. The van der Waals surface area contributed by atoms with Gasteiger partial charge in [-0.15, -0.1) is 5.10 Å². The molecule has 0 N–H and O–H groups in total. The van der Waals surface area contributed by atoms with E-state index in [2.05, 4.69) is 10.1 Å². The van der Waals surface area contributed by atoms with E-state index in [9.17, 15) is 4.79 Å². The number of ether oxygens (including phenoxy) is 2. The minimum atomic E-state index is -1.17. The number of halogens is 1. The van der Waals surface area contributed by atoms with Gasteiger partial charge < -0.3 is 14.4 Å². The highest BCUT2D eigenvalue weighted by Gasteiger charge is 2.32. The van der Waals surface area contributed by atoms with Crippen LogP contribution in [0.2, 0.25) is 0 Å². The van der Waals surface area contributed by atoms with Crippen molar-refractivity contribution in [3.05, 3.63) is 63.6 Å². The molecule has 0 aliphatic carbocycles. The molecule has 2 aliphatic rings. The van der Waals surface area contributed by atoms with Gasteiger partial charge in [-0.05, 0) is 48.2 Å². The lowest BCUT2D eigenvalue weighted by molar-refractivity contribution is 0.0810. The topological polar surface area (TPSA) is 69.0 Å². The van der Waals surface area contributed by atoms with Crippen molar-refractivity contribution in [2.24, 2.45) is 0 Å². The van der Waals surface area contributed by atoms with Gasteiger partial charge in [0.25, 0.3) is 5.56 Å². The fraction of sp³-hybridized carbons (Fsp3) is 0.409. The normalized spacial score (nSPS) is 21.5. The monoisotopic (exact) mass is 410 g/mol. The Balaban J connectivity index is 1.32. The molecule has 156 valence electrons. The molecule has 1 aromatic carbocycles. The van der Waals surface area contributed by atoms with Crippen LogP contribution >= 0.6 is 0 Å². The Morgan fingerprint density at radius 2 is 2.13 bits per heavy atom. The van der Waals surface area contributed by atoms with E-state index in [1.165, 1.54) is 27.9 Å². The molecule has 8 heteroatoms. The highest BCUT2D eigenvalue weighted by molar-refractivity contribution is 5.52. The van der Waals surface area contributed by atoms with Crippen molar-refractivity contribution in [1.29, 1.82) is 0 Å². The van der Waals surface area contributed by atoms with Crippen LogP contribution in [0.5, 0.6) is 5.75 Å². The Bertz CT molecular complexity index is 1150. The standard InChI is InChI=1S/C22H23FN4O3/c1-14-10-20-24-7-4-21(28)27(20)25-22(14)26-8-5-19(18(23)12-26)30-17-3-2-16-13-29-9-6-15(16)11-17/h2-4,7,10-11,18-19H,5-6,8-9,12-13H2,1H3/t18-,19-/m1/s1. The predicted octanol–water partition coefficient (Wildman–Crippen LogP) is 2.47. The largest absolute Gasteiger partial charge is 0.487 e. The van der Waals surface area contributed by atoms with E-state index in [-0.39, 0.29) is 12.1 Å². The van der Waals surface area contributed by atoms with Crippen molar-refractivity contribution in [3.8, 4) is 5.75 Å². The van der Waals surface area contributed by atoms with Crippen LogP contribution in [-0.4, -0.2) is 46.6 Å². The third-order valence-corrected chi connectivity index (χ3v) is 5.76. The average molecular weight is 410 g/mol. The minimum Gasteiger partial charge on any atom is -0.487 e. The molecule has 4 heterocycles. The molecule has 5 rings (SSSR count). The molecule has 1 saturated heterocycles. The van der Waals surface area contributed by atoms with Crippen molar-refractivity contribution in [2.75, 3.05) is 24.6 Å². The van der Waals surface area contributed by atoms with Crippen LogP contribution < -0.4 is 15.2 Å². The van der Waals surface area contributed by atoms with Gasteiger partial charge in [-0.1, -0.05) is 6.07 Å². The van der Waals surface area contributed by atoms with Gasteiger partial charge in [-0.25, -0.2) is 9.37 Å². The molecule has 0 unspecified atom stereocenters. The van der Waals surface area contributed by atoms with E-state index in [1.807, 2.05) is 30.0 Å². The van der Waals surface area contributed by atoms with Crippen LogP contribution in [0, 0.1) is 6.92 Å². The second kappa shape index (κ2) is 7.68. The van der Waals surface area contributed by atoms with E-state index < -0.39 is 12.3 Å². The molecule has 0 bridgehead atoms. The van der Waals surface area contributed by atoms with Gasteiger partial charge in [-0.2, -0.15) is 4.52 Å². The maximum absolute atomic E-state index is 15.0. The Kier molecular flexibility index (Phi) is 4.86. The zero-order chi connectivity index (χ0) is 20.7. The lowest BCUT2D eigenvalue weighted by Crippen LogP contribution is -2.47. The summed E-state index contributed by atoms with van der Waals surface area (Å²) < 4.78 is 27.8. The van der Waals surface area contributed by atoms with Crippen LogP contribution in [0.1, 0.15) is 23.1 Å². The summed E-state index contributed by atoms with van der Waals surface area (Å²) in [7, 11) is 0. The van der Waals surface area contributed by atoms with Crippen LogP contribution in [0.4, 0.5) is 10.2 Å². The summed E-state index contributed by atoms with van der Waals surface area (Å²) in [4.78, 5) is 18.1. The molecule has 7 nitrogen and oxygen atoms in total. The number of nitrogens with zero attached hydrogens (tertiary/aromatic N) is 4. The van der Waals surface area contributed by atoms with E-state index >= 15 is 4.39 Å². The summed E-state index contributed by atoms with van der Waals surface area (Å²) in [5, 5.41) is 4.44. The number of rotatable bonds is 3. The quantitative estimate of drug-likeness (QED) is 0.661. The third-order valence-electron chi connectivity index (χ3n) is 5.76. The summed E-state index contributed by atoms with van der Waals surface area (Å²) in [6.45, 7) is 3.98. The van der Waals surface area contributed by atoms with Gasteiger partial charge in [0.2, 0.25) is 0 Å². The first-order chi connectivity index (χ1) is 14.6. The summed E-state index contributed by atoms with van der Waals surface area (Å²) in [5.41, 5.74) is 3.46. The number of benzene rings is 1. The molecular formula is C22H23FN4O3. The summed E-state index contributed by atoms with van der Waals surface area (Å²) in [6, 6.07) is 9.06. The van der Waals surface area contributed by atoms with Gasteiger partial charge in [0.05, 0.1) is 19.8 Å². The molecule has 3 aromatic rings. The summed E-state index contributed by atoms with van der Waals surface area (Å²) in [6.07, 6.45) is 1.17. The van der Waals surface area contributed by atoms with E-state index in [4.69, 9.17) is 9.47 Å². The Morgan fingerprint density at radius 1 is 1.23 bits per heavy atom. The predicted molar refractivity (Wildman–Crippen MR) is 110 cm³/mol. The van der Waals surface area contributed by atoms with Gasteiger partial charge in [0, 0.05) is 25.2 Å². The molecule has 2 atom stereocenters. The fourth-order valence-electron chi connectivity index (χ4n) is 4.16. The number of fused-ring (bicyclic) bond motifs is 2. The smallest absolute Gasteiger partial charge is 0.274 e. The van der Waals surface area contributed by atoms with Crippen molar-refractivity contribution >= 4 is 11.5 Å². The summed E-state index contributed by atoms with van der Waals surface area (Å²) >= 11 is 0. The SMILES string of the molecule is Cc1cc2nccc(=O)n2nc1N1CC[C@@H](Oc2ccc3c(c2)CCOC3)[C@H](F)C1. The molecule has 0 radical (unpaired) electrons. The van der Waals surface area contributed by atoms with E-state index in [0.29, 0.717) is 43.4 Å². The number of hydrogen-bond acceptors (Lipinski definition) is 6. The Labute approximate surface area is 173 Å². The molecule has 2 aliphatic heterocycles. The molecule has 0 saturated carbocycles. The molecule has 0 amide bonds. The van der Waals surface area contributed by atoms with Gasteiger partial charge in [0.1, 0.15) is 11.9 Å². The first-order valence-corrected chi connectivity index (χ1v) is 10.2. The van der Waals surface area contributed by atoms with E-state index in [1.54, 1.807) is 6.07 Å². The molecule has 2 aromatic heterocycles. The second-order valence-corrected chi connectivity index (χ2v) is 7.84. The maximum atomic E-state index is 15.0. The van der Waals surface area contributed by atoms with E-state index in [0.717, 1.165) is 12.0 Å². The van der Waals surface area contributed by atoms with Crippen LogP contribution in [-0.2, 0) is 17.8 Å². The average Bonchev–Trinajstić information content (AvgIpc) is 2.75. The van der Waals surface area contributed by atoms with Crippen LogP contribution in [0.15, 0.2) is 41.3 Å². The lowest BCUT2D eigenvalue weighted by atomic mass is 10.0. The number of hydrogen-bond donors (Lipinski definition) is 0. The zero-order valence-corrected chi connectivity index (χ0v) is 16.8. The van der Waals surface area contributed by atoms with Crippen LogP contribution in [0.3, 0.4) is 0 Å². The molecule has 30 heavy (non-hydrogen) atoms. The Morgan fingerprint density at radius 3 is 3.00 bits per heavy atom. The lowest BCUT2D eigenvalue weighted by Gasteiger charge is -2.36. The highest BCUT2D eigenvalue weighted by Crippen LogP contribution is 2.28. The number of anilines is 1. The Hall–Kier alpha value is -3.00. The fourth-order valence-corrected chi connectivity index (χ4v) is 4.16. The highest BCUT2D eigenvalue weighted by atomic mass is 19.1. The number of piperidine rings is 1. The summed E-state index contributed by atoms with van der Waals surface area (Å²) in [5.74, 6) is 1.31. The second-order valence-electron chi connectivity index (χ2n) is 7.84.